The molecule has 2 saturated heterocycles. The van der Waals surface area contributed by atoms with E-state index in [2.05, 4.69) is 23.9 Å². The molecule has 0 radical (unpaired) electrons. The molecule has 0 amide bonds. The van der Waals surface area contributed by atoms with E-state index in [1.807, 2.05) is 0 Å². The summed E-state index contributed by atoms with van der Waals surface area (Å²) in [6, 6.07) is 0.881. The second kappa shape index (κ2) is 4.63. The van der Waals surface area contributed by atoms with Gasteiger partial charge in [0.1, 0.15) is 0 Å². The lowest BCUT2D eigenvalue weighted by atomic mass is 9.85. The van der Waals surface area contributed by atoms with Gasteiger partial charge in [0.25, 0.3) is 0 Å². The van der Waals surface area contributed by atoms with Crippen LogP contribution < -0.4 is 0 Å². The topological polar surface area (TPSA) is 6.48 Å². The minimum Gasteiger partial charge on any atom is -0.306 e. The van der Waals surface area contributed by atoms with Crippen molar-refractivity contribution < 1.29 is 0 Å². The van der Waals surface area contributed by atoms with E-state index in [4.69, 9.17) is 0 Å². The van der Waals surface area contributed by atoms with E-state index in [9.17, 15) is 0 Å². The Morgan fingerprint density at radius 2 is 1.79 bits per heavy atom. The predicted molar refractivity (Wildman–Crippen MR) is 60.5 cm³/mol. The van der Waals surface area contributed by atoms with Crippen molar-refractivity contribution in [2.45, 2.75) is 38.1 Å². The van der Waals surface area contributed by atoms with Crippen LogP contribution in [0.5, 0.6) is 0 Å². The van der Waals surface area contributed by atoms with Crippen LogP contribution >= 0.6 is 0 Å². The SMILES string of the molecule is CN1CCC[C@H]([C@@H]2CCCCN2C)C1. The molecule has 0 aromatic rings. The van der Waals surface area contributed by atoms with Gasteiger partial charge in [0, 0.05) is 12.6 Å². The number of hydrogen-bond acceptors (Lipinski definition) is 2. The zero-order valence-electron chi connectivity index (χ0n) is 9.71. The highest BCUT2D eigenvalue weighted by Gasteiger charge is 2.29. The maximum absolute atomic E-state index is 2.60. The third-order valence-corrected chi connectivity index (χ3v) is 4.03. The van der Waals surface area contributed by atoms with Gasteiger partial charge in [0.05, 0.1) is 0 Å². The van der Waals surface area contributed by atoms with Gasteiger partial charge in [-0.25, -0.2) is 0 Å². The summed E-state index contributed by atoms with van der Waals surface area (Å²) in [6.07, 6.45) is 7.17. The Bertz CT molecular complexity index is 181. The minimum absolute atomic E-state index is 0.881. The number of likely N-dealkylation sites (tertiary alicyclic amines) is 2. The number of hydrogen-bond donors (Lipinski definition) is 0. The van der Waals surface area contributed by atoms with Gasteiger partial charge in [-0.3, -0.25) is 0 Å². The van der Waals surface area contributed by atoms with E-state index in [-0.39, 0.29) is 0 Å². The van der Waals surface area contributed by atoms with Crippen molar-refractivity contribution in [2.24, 2.45) is 5.92 Å². The number of piperidine rings is 2. The molecular weight excluding hydrogens is 172 g/mol. The van der Waals surface area contributed by atoms with Gasteiger partial charge in [0.15, 0.2) is 0 Å². The normalized spacial score (nSPS) is 37.3. The summed E-state index contributed by atoms with van der Waals surface area (Å²) in [4.78, 5) is 5.12. The van der Waals surface area contributed by atoms with Crippen LogP contribution in [0.2, 0.25) is 0 Å². The minimum atomic E-state index is 0.881. The second-order valence-corrected chi connectivity index (χ2v) is 5.21. The van der Waals surface area contributed by atoms with Crippen LogP contribution in [0.25, 0.3) is 0 Å². The summed E-state index contributed by atoms with van der Waals surface area (Å²) < 4.78 is 0. The van der Waals surface area contributed by atoms with Gasteiger partial charge in [-0.1, -0.05) is 6.42 Å². The van der Waals surface area contributed by atoms with Gasteiger partial charge in [-0.05, 0) is 58.8 Å². The van der Waals surface area contributed by atoms with Gasteiger partial charge >= 0.3 is 0 Å². The third kappa shape index (κ3) is 2.29. The largest absolute Gasteiger partial charge is 0.306 e. The quantitative estimate of drug-likeness (QED) is 0.631. The Labute approximate surface area is 88.3 Å². The molecule has 0 bridgehead atoms. The zero-order valence-corrected chi connectivity index (χ0v) is 9.71. The van der Waals surface area contributed by atoms with E-state index in [1.165, 1.54) is 51.7 Å². The Kier molecular flexibility index (Phi) is 3.45. The van der Waals surface area contributed by atoms with E-state index in [0.717, 1.165) is 12.0 Å². The molecule has 82 valence electrons. The molecule has 2 rings (SSSR count). The highest BCUT2D eigenvalue weighted by Crippen LogP contribution is 2.27. The van der Waals surface area contributed by atoms with E-state index < -0.39 is 0 Å². The molecule has 0 saturated carbocycles. The van der Waals surface area contributed by atoms with Crippen molar-refractivity contribution >= 4 is 0 Å². The van der Waals surface area contributed by atoms with Crippen LogP contribution in [0.3, 0.4) is 0 Å². The van der Waals surface area contributed by atoms with Crippen molar-refractivity contribution in [1.82, 2.24) is 9.80 Å². The van der Waals surface area contributed by atoms with Crippen LogP contribution in [0.1, 0.15) is 32.1 Å². The predicted octanol–water partition coefficient (Wildman–Crippen LogP) is 1.81. The highest BCUT2D eigenvalue weighted by molar-refractivity contribution is 4.85. The summed E-state index contributed by atoms with van der Waals surface area (Å²) in [6.45, 7) is 3.97. The molecule has 2 heterocycles. The smallest absolute Gasteiger partial charge is 0.0133 e. The molecule has 0 aliphatic carbocycles. The van der Waals surface area contributed by atoms with Crippen LogP contribution in [-0.2, 0) is 0 Å². The fourth-order valence-corrected chi connectivity index (χ4v) is 3.22. The summed E-state index contributed by atoms with van der Waals surface area (Å²) in [5.74, 6) is 0.944. The molecular formula is C12H24N2. The first-order valence-electron chi connectivity index (χ1n) is 6.16. The summed E-state index contributed by atoms with van der Waals surface area (Å²) in [5.41, 5.74) is 0. The molecule has 14 heavy (non-hydrogen) atoms. The highest BCUT2D eigenvalue weighted by atomic mass is 15.2. The first-order valence-corrected chi connectivity index (χ1v) is 6.16. The molecule has 0 spiro atoms. The van der Waals surface area contributed by atoms with Crippen LogP contribution in [0, 0.1) is 5.92 Å². The summed E-state index contributed by atoms with van der Waals surface area (Å²) in [5, 5.41) is 0. The molecule has 2 atom stereocenters. The van der Waals surface area contributed by atoms with Crippen LogP contribution in [-0.4, -0.2) is 49.6 Å². The lowest BCUT2D eigenvalue weighted by molar-refractivity contribution is 0.0797. The lowest BCUT2D eigenvalue weighted by Crippen LogP contribution is -2.47. The lowest BCUT2D eigenvalue weighted by Gasteiger charge is -2.42. The Hall–Kier alpha value is -0.0800. The first-order chi connectivity index (χ1) is 6.77. The van der Waals surface area contributed by atoms with Crippen molar-refractivity contribution in [1.29, 1.82) is 0 Å². The van der Waals surface area contributed by atoms with Crippen LogP contribution in [0.15, 0.2) is 0 Å². The average Bonchev–Trinajstić information content (AvgIpc) is 2.18. The molecule has 0 unspecified atom stereocenters. The van der Waals surface area contributed by atoms with Gasteiger partial charge < -0.3 is 9.80 Å². The van der Waals surface area contributed by atoms with Crippen LogP contribution in [0.4, 0.5) is 0 Å². The van der Waals surface area contributed by atoms with E-state index in [1.54, 1.807) is 0 Å². The Morgan fingerprint density at radius 1 is 0.929 bits per heavy atom. The fourth-order valence-electron chi connectivity index (χ4n) is 3.22. The van der Waals surface area contributed by atoms with E-state index >= 15 is 0 Å². The summed E-state index contributed by atoms with van der Waals surface area (Å²) in [7, 11) is 4.59. The molecule has 2 nitrogen and oxygen atoms in total. The second-order valence-electron chi connectivity index (χ2n) is 5.21. The maximum atomic E-state index is 2.60. The van der Waals surface area contributed by atoms with Crippen molar-refractivity contribution in [3.8, 4) is 0 Å². The van der Waals surface area contributed by atoms with Crippen molar-refractivity contribution in [2.75, 3.05) is 33.7 Å². The molecule has 2 aliphatic rings. The molecule has 2 heteroatoms. The Balaban J connectivity index is 1.91. The monoisotopic (exact) mass is 196 g/mol. The first kappa shape index (κ1) is 10.4. The summed E-state index contributed by atoms with van der Waals surface area (Å²) >= 11 is 0. The molecule has 0 N–H and O–H groups in total. The number of nitrogens with zero attached hydrogens (tertiary/aromatic N) is 2. The fraction of sp³-hybridized carbons (Fsp3) is 1.00. The van der Waals surface area contributed by atoms with Crippen molar-refractivity contribution in [3.05, 3.63) is 0 Å². The molecule has 0 aromatic heterocycles. The zero-order chi connectivity index (χ0) is 9.97. The maximum Gasteiger partial charge on any atom is 0.0133 e. The van der Waals surface area contributed by atoms with Crippen molar-refractivity contribution in [3.63, 3.8) is 0 Å². The molecule has 2 fully saturated rings. The van der Waals surface area contributed by atoms with Gasteiger partial charge in [0.2, 0.25) is 0 Å². The Morgan fingerprint density at radius 3 is 2.50 bits per heavy atom. The molecule has 0 aromatic carbocycles. The standard InChI is InChI=1S/C12H24N2/c1-13-8-5-6-11(10-13)12-7-3-4-9-14(12)2/h11-12H,3-10H2,1-2H3/t11-,12-/m0/s1. The van der Waals surface area contributed by atoms with E-state index in [0.29, 0.717) is 0 Å². The average molecular weight is 196 g/mol. The third-order valence-electron chi connectivity index (χ3n) is 4.03. The molecule has 2 aliphatic heterocycles. The van der Waals surface area contributed by atoms with Gasteiger partial charge in [-0.2, -0.15) is 0 Å². The number of rotatable bonds is 1. The van der Waals surface area contributed by atoms with Gasteiger partial charge in [-0.15, -0.1) is 0 Å².